The first-order valence-corrected chi connectivity index (χ1v) is 5.92. The first kappa shape index (κ1) is 19.1. The van der Waals surface area contributed by atoms with Crippen molar-refractivity contribution in [3.8, 4) is 5.75 Å². The lowest BCUT2D eigenvalue weighted by Crippen LogP contribution is -2.31. The van der Waals surface area contributed by atoms with Gasteiger partial charge >= 0.3 is 11.9 Å². The van der Waals surface area contributed by atoms with Crippen LogP contribution in [0.5, 0.6) is 5.75 Å². The molecule has 0 saturated carbocycles. The average Bonchev–Trinajstić information content (AvgIpc) is 2.40. The fourth-order valence-electron chi connectivity index (χ4n) is 1.71. The lowest BCUT2D eigenvalue weighted by atomic mass is 9.97. The third kappa shape index (κ3) is 4.30. The number of aryl methyl sites for hydroxylation is 1. The number of ether oxygens (including phenoxy) is 1. The Balaban J connectivity index is 0.00000400. The molecule has 0 fully saturated rings. The molecule has 4 N–H and O–H groups in total. The highest BCUT2D eigenvalue weighted by Crippen LogP contribution is 2.31. The monoisotopic (exact) mass is 321 g/mol. The number of rotatable bonds is 5. The molecule has 0 radical (unpaired) electrons. The molecule has 0 aliphatic rings. The number of hydrogen-bond donors (Lipinski definition) is 3. The first-order chi connectivity index (χ1) is 9.29. The van der Waals surface area contributed by atoms with Gasteiger partial charge in [0.1, 0.15) is 5.75 Å². The molecule has 118 valence electrons. The Morgan fingerprint density at radius 2 is 2.00 bits per heavy atom. The van der Waals surface area contributed by atoms with Crippen LogP contribution in [0.25, 0.3) is 0 Å². The quantitative estimate of drug-likeness (QED) is 0.712. The Kier molecular flexibility index (Phi) is 7.11. The van der Waals surface area contributed by atoms with Crippen LogP contribution in [0.3, 0.4) is 0 Å². The molecule has 0 saturated heterocycles. The van der Waals surface area contributed by atoms with Crippen LogP contribution in [-0.4, -0.2) is 34.9 Å². The standard InChI is InChI=1S/C13H16FNO5.ClH/c1-3-20-13(19)9(14)10(15)8-5-7(12(17)18)4-6(2)11(8)16;/h4-5,9-10,16H,3,15H2,1-2H3,(H,17,18);1H/t9?,10-;/m0./s1. The number of carboxylic acids is 1. The van der Waals surface area contributed by atoms with Crippen molar-refractivity contribution in [1.82, 2.24) is 0 Å². The number of halogens is 2. The number of benzene rings is 1. The number of aromatic carboxylic acids is 1. The minimum atomic E-state index is -2.19. The number of carbonyl (C=O) groups is 2. The summed E-state index contributed by atoms with van der Waals surface area (Å²) in [7, 11) is 0. The minimum Gasteiger partial charge on any atom is -0.507 e. The van der Waals surface area contributed by atoms with Crippen molar-refractivity contribution in [1.29, 1.82) is 0 Å². The van der Waals surface area contributed by atoms with Gasteiger partial charge in [-0.2, -0.15) is 0 Å². The number of alkyl halides is 1. The lowest BCUT2D eigenvalue weighted by Gasteiger charge is -2.18. The van der Waals surface area contributed by atoms with Gasteiger partial charge in [0.15, 0.2) is 0 Å². The summed E-state index contributed by atoms with van der Waals surface area (Å²) < 4.78 is 18.4. The normalized spacial score (nSPS) is 13.0. The number of esters is 1. The summed E-state index contributed by atoms with van der Waals surface area (Å²) in [4.78, 5) is 22.2. The minimum absolute atomic E-state index is 0. The van der Waals surface area contributed by atoms with Crippen LogP contribution in [0.15, 0.2) is 12.1 Å². The predicted molar refractivity (Wildman–Crippen MR) is 75.5 cm³/mol. The number of carboxylic acid groups (broad SMARTS) is 1. The number of phenolic OH excluding ortho intramolecular Hbond substituents is 1. The number of carbonyl (C=O) groups excluding carboxylic acids is 1. The molecule has 21 heavy (non-hydrogen) atoms. The molecule has 1 aromatic rings. The van der Waals surface area contributed by atoms with E-state index >= 15 is 0 Å². The van der Waals surface area contributed by atoms with Crippen molar-refractivity contribution in [3.63, 3.8) is 0 Å². The van der Waals surface area contributed by atoms with E-state index in [0.29, 0.717) is 0 Å². The van der Waals surface area contributed by atoms with Gasteiger partial charge in [0.2, 0.25) is 6.17 Å². The van der Waals surface area contributed by atoms with E-state index in [-0.39, 0.29) is 41.5 Å². The maximum atomic E-state index is 13.8. The van der Waals surface area contributed by atoms with E-state index in [9.17, 15) is 19.1 Å². The van der Waals surface area contributed by atoms with Gasteiger partial charge in [0.05, 0.1) is 18.2 Å². The van der Waals surface area contributed by atoms with Crippen molar-refractivity contribution in [2.75, 3.05) is 6.61 Å². The molecule has 0 heterocycles. The molecule has 1 unspecified atom stereocenters. The number of hydrogen-bond acceptors (Lipinski definition) is 5. The first-order valence-electron chi connectivity index (χ1n) is 5.92. The van der Waals surface area contributed by atoms with E-state index in [1.54, 1.807) is 0 Å². The molecule has 6 nitrogen and oxygen atoms in total. The van der Waals surface area contributed by atoms with Gasteiger partial charge in [0.25, 0.3) is 0 Å². The van der Waals surface area contributed by atoms with Crippen molar-refractivity contribution < 1.29 is 28.9 Å². The van der Waals surface area contributed by atoms with Crippen LogP contribution < -0.4 is 5.73 Å². The Morgan fingerprint density at radius 1 is 1.43 bits per heavy atom. The zero-order valence-corrected chi connectivity index (χ0v) is 12.3. The van der Waals surface area contributed by atoms with Crippen molar-refractivity contribution >= 4 is 24.3 Å². The number of aromatic hydroxyl groups is 1. The third-order valence-electron chi connectivity index (χ3n) is 2.76. The molecule has 0 aliphatic heterocycles. The van der Waals surface area contributed by atoms with E-state index in [4.69, 9.17) is 10.8 Å². The molecule has 1 aromatic carbocycles. The van der Waals surface area contributed by atoms with Gasteiger partial charge in [-0.25, -0.2) is 14.0 Å². The SMILES string of the molecule is CCOC(=O)C(F)[C@@H](N)c1cc(C(=O)O)cc(C)c1O.Cl. The molecule has 0 bridgehead atoms. The second-order valence-electron chi connectivity index (χ2n) is 4.22. The molecular weight excluding hydrogens is 305 g/mol. The summed E-state index contributed by atoms with van der Waals surface area (Å²) in [5, 5.41) is 18.8. The summed E-state index contributed by atoms with van der Waals surface area (Å²) in [5.74, 6) is -2.74. The Hall–Kier alpha value is -1.86. The van der Waals surface area contributed by atoms with Gasteiger partial charge in [-0.15, -0.1) is 12.4 Å². The molecule has 2 atom stereocenters. The summed E-state index contributed by atoms with van der Waals surface area (Å²) in [6.07, 6.45) is -2.19. The molecule has 8 heteroatoms. The molecule has 0 aromatic heterocycles. The van der Waals surface area contributed by atoms with Crippen LogP contribution in [0.1, 0.15) is 34.5 Å². The van der Waals surface area contributed by atoms with Crippen molar-refractivity contribution in [2.24, 2.45) is 5.73 Å². The second kappa shape index (κ2) is 7.80. The van der Waals surface area contributed by atoms with Crippen molar-refractivity contribution in [2.45, 2.75) is 26.1 Å². The summed E-state index contributed by atoms with van der Waals surface area (Å²) in [5.41, 5.74) is 5.51. The Labute approximate surface area is 127 Å². The van der Waals surface area contributed by atoms with Gasteiger partial charge < -0.3 is 20.7 Å². The summed E-state index contributed by atoms with van der Waals surface area (Å²) in [6.45, 7) is 2.96. The van der Waals surface area contributed by atoms with Gasteiger partial charge in [-0.3, -0.25) is 0 Å². The van der Waals surface area contributed by atoms with Crippen LogP contribution in [0.4, 0.5) is 4.39 Å². The number of phenols is 1. The molecule has 0 amide bonds. The van der Waals surface area contributed by atoms with E-state index in [1.807, 2.05) is 0 Å². The Bertz CT molecular complexity index is 538. The number of nitrogens with two attached hydrogens (primary N) is 1. The largest absolute Gasteiger partial charge is 0.507 e. The Morgan fingerprint density at radius 3 is 2.48 bits per heavy atom. The summed E-state index contributed by atoms with van der Waals surface area (Å²) >= 11 is 0. The molecule has 0 spiro atoms. The maximum absolute atomic E-state index is 13.8. The van der Waals surface area contributed by atoms with Crippen LogP contribution >= 0.6 is 12.4 Å². The zero-order valence-electron chi connectivity index (χ0n) is 11.5. The maximum Gasteiger partial charge on any atom is 0.342 e. The second-order valence-corrected chi connectivity index (χ2v) is 4.22. The molecule has 0 aliphatic carbocycles. The average molecular weight is 322 g/mol. The fraction of sp³-hybridized carbons (Fsp3) is 0.385. The highest BCUT2D eigenvalue weighted by atomic mass is 35.5. The predicted octanol–water partition coefficient (Wildman–Crippen LogP) is 1.72. The highest BCUT2D eigenvalue weighted by molar-refractivity contribution is 5.88. The van der Waals surface area contributed by atoms with Crippen LogP contribution in [0, 0.1) is 6.92 Å². The zero-order chi connectivity index (χ0) is 15.4. The van der Waals surface area contributed by atoms with Gasteiger partial charge in [-0.1, -0.05) is 0 Å². The molecular formula is C13H17ClFNO5. The summed E-state index contributed by atoms with van der Waals surface area (Å²) in [6, 6.07) is 0.763. The fourth-order valence-corrected chi connectivity index (χ4v) is 1.71. The highest BCUT2D eigenvalue weighted by Gasteiger charge is 2.30. The third-order valence-corrected chi connectivity index (χ3v) is 2.76. The van der Waals surface area contributed by atoms with Crippen molar-refractivity contribution in [3.05, 3.63) is 28.8 Å². The topological polar surface area (TPSA) is 110 Å². The van der Waals surface area contributed by atoms with Crippen LogP contribution in [0.2, 0.25) is 0 Å². The van der Waals surface area contributed by atoms with Gasteiger partial charge in [0, 0.05) is 5.56 Å². The lowest BCUT2D eigenvalue weighted by molar-refractivity contribution is -0.149. The smallest absolute Gasteiger partial charge is 0.342 e. The van der Waals surface area contributed by atoms with Gasteiger partial charge in [-0.05, 0) is 31.5 Å². The van der Waals surface area contributed by atoms with Crippen LogP contribution in [-0.2, 0) is 9.53 Å². The van der Waals surface area contributed by atoms with E-state index in [0.717, 1.165) is 6.07 Å². The van der Waals surface area contributed by atoms with E-state index in [1.165, 1.54) is 19.9 Å². The van der Waals surface area contributed by atoms with E-state index < -0.39 is 24.2 Å². The molecule has 1 rings (SSSR count). The van der Waals surface area contributed by atoms with E-state index in [2.05, 4.69) is 4.74 Å².